The van der Waals surface area contributed by atoms with Crippen LogP contribution in [0, 0.1) is 17.7 Å². The number of hydrogen-bond acceptors (Lipinski definition) is 7. The lowest BCUT2D eigenvalue weighted by Crippen LogP contribution is -2.42. The Labute approximate surface area is 184 Å². The van der Waals surface area contributed by atoms with Gasteiger partial charge in [-0.05, 0) is 24.8 Å². The minimum Gasteiger partial charge on any atom is -0.300 e. The van der Waals surface area contributed by atoms with Crippen LogP contribution in [0.25, 0.3) is 0 Å². The average Bonchev–Trinajstić information content (AvgIpc) is 3.15. The van der Waals surface area contributed by atoms with Crippen LogP contribution in [0.1, 0.15) is 32.3 Å². The number of rotatable bonds is 8. The molecule has 164 valence electrons. The summed E-state index contributed by atoms with van der Waals surface area (Å²) in [5.74, 6) is 0.106. The third kappa shape index (κ3) is 6.22. The maximum absolute atomic E-state index is 13.8. The van der Waals surface area contributed by atoms with Crippen molar-refractivity contribution in [1.82, 2.24) is 14.5 Å². The number of hydrogen-bond donors (Lipinski definition) is 1. The largest absolute Gasteiger partial charge is 0.300 e. The molecule has 30 heavy (non-hydrogen) atoms. The fourth-order valence-electron chi connectivity index (χ4n) is 3.06. The number of amides is 1. The molecule has 0 radical (unpaired) electrons. The van der Waals surface area contributed by atoms with E-state index in [2.05, 4.69) is 29.4 Å². The standard InChI is InChI=1S/C19H25FN4O3S3/c1-13(2)11-28-19-23-22-18(29-19)21-17(25)14-7-9-24(10-8-14)30(26,27)12-15-5-3-4-6-16(15)20/h3-6,13-14H,7-12H2,1-2H3,(H,21,22,25). The van der Waals surface area contributed by atoms with Crippen LogP contribution in [0.5, 0.6) is 0 Å². The van der Waals surface area contributed by atoms with Crippen LogP contribution >= 0.6 is 23.1 Å². The summed E-state index contributed by atoms with van der Waals surface area (Å²) < 4.78 is 41.2. The van der Waals surface area contributed by atoms with Crippen molar-refractivity contribution in [3.63, 3.8) is 0 Å². The molecule has 0 atom stereocenters. The first kappa shape index (κ1) is 23.1. The summed E-state index contributed by atoms with van der Waals surface area (Å²) in [6.45, 7) is 4.72. The SMILES string of the molecule is CC(C)CSc1nnc(NC(=O)C2CCN(S(=O)(=O)Cc3ccccc3F)CC2)s1. The van der Waals surface area contributed by atoms with E-state index < -0.39 is 15.8 Å². The first-order valence-corrected chi connectivity index (χ1v) is 13.1. The molecule has 2 aromatic rings. The number of sulfonamides is 1. The first-order valence-electron chi connectivity index (χ1n) is 9.73. The fourth-order valence-corrected chi connectivity index (χ4v) is 6.37. The normalized spacial score (nSPS) is 16.1. The van der Waals surface area contributed by atoms with Crippen molar-refractivity contribution in [3.05, 3.63) is 35.6 Å². The molecule has 1 aromatic heterocycles. The predicted molar refractivity (Wildman–Crippen MR) is 117 cm³/mol. The van der Waals surface area contributed by atoms with Crippen molar-refractivity contribution < 1.29 is 17.6 Å². The van der Waals surface area contributed by atoms with Crippen LogP contribution in [-0.2, 0) is 20.6 Å². The molecular formula is C19H25FN4O3S3. The molecule has 1 amide bonds. The molecule has 1 fully saturated rings. The molecular weight excluding hydrogens is 447 g/mol. The molecule has 0 unspecified atom stereocenters. The van der Waals surface area contributed by atoms with Crippen molar-refractivity contribution in [2.45, 2.75) is 36.8 Å². The van der Waals surface area contributed by atoms with Crippen molar-refractivity contribution >= 4 is 44.2 Å². The number of benzene rings is 1. The molecule has 0 spiro atoms. The molecule has 1 N–H and O–H groups in total. The van der Waals surface area contributed by atoms with Gasteiger partial charge in [-0.2, -0.15) is 0 Å². The lowest BCUT2D eigenvalue weighted by Gasteiger charge is -2.30. The lowest BCUT2D eigenvalue weighted by molar-refractivity contribution is -0.120. The fraction of sp³-hybridized carbons (Fsp3) is 0.526. The van der Waals surface area contributed by atoms with Crippen LogP contribution in [0.15, 0.2) is 28.6 Å². The molecule has 3 rings (SSSR count). The number of halogens is 1. The number of carbonyl (C=O) groups excluding carboxylic acids is 1. The maximum atomic E-state index is 13.8. The number of thioether (sulfide) groups is 1. The first-order chi connectivity index (χ1) is 14.2. The van der Waals surface area contributed by atoms with Crippen LogP contribution < -0.4 is 5.32 Å². The van der Waals surface area contributed by atoms with Gasteiger partial charge in [0.15, 0.2) is 4.34 Å². The highest BCUT2D eigenvalue weighted by molar-refractivity contribution is 8.01. The van der Waals surface area contributed by atoms with Gasteiger partial charge < -0.3 is 5.32 Å². The summed E-state index contributed by atoms with van der Waals surface area (Å²) >= 11 is 2.95. The Kier molecular flexibility index (Phi) is 7.83. The number of nitrogens with zero attached hydrogens (tertiary/aromatic N) is 3. The molecule has 7 nitrogen and oxygen atoms in total. The molecule has 1 aliphatic heterocycles. The smallest absolute Gasteiger partial charge is 0.229 e. The van der Waals surface area contributed by atoms with E-state index in [1.807, 2.05) is 0 Å². The molecule has 1 aromatic carbocycles. The predicted octanol–water partition coefficient (Wildman–Crippen LogP) is 3.61. The average molecular weight is 473 g/mol. The van der Waals surface area contributed by atoms with Crippen molar-refractivity contribution in [1.29, 1.82) is 0 Å². The van der Waals surface area contributed by atoms with Gasteiger partial charge in [0.25, 0.3) is 0 Å². The summed E-state index contributed by atoms with van der Waals surface area (Å²) in [6, 6.07) is 5.87. The third-order valence-electron chi connectivity index (χ3n) is 4.69. The van der Waals surface area contributed by atoms with E-state index >= 15 is 0 Å². The second-order valence-electron chi connectivity index (χ2n) is 7.59. The summed E-state index contributed by atoms with van der Waals surface area (Å²) in [7, 11) is -3.64. The van der Waals surface area contributed by atoms with Gasteiger partial charge in [0.2, 0.25) is 21.1 Å². The highest BCUT2D eigenvalue weighted by Gasteiger charge is 2.32. The Morgan fingerprint density at radius 3 is 2.67 bits per heavy atom. The summed E-state index contributed by atoms with van der Waals surface area (Å²) in [6.07, 6.45) is 0.826. The summed E-state index contributed by atoms with van der Waals surface area (Å²) in [5, 5.41) is 11.3. The van der Waals surface area contributed by atoms with E-state index in [0.717, 1.165) is 10.1 Å². The van der Waals surface area contributed by atoms with Crippen molar-refractivity contribution in [2.24, 2.45) is 11.8 Å². The Hall–Kier alpha value is -1.56. The minimum absolute atomic E-state index is 0.153. The van der Waals surface area contributed by atoms with E-state index in [-0.39, 0.29) is 36.2 Å². The van der Waals surface area contributed by atoms with Crippen LogP contribution in [0.3, 0.4) is 0 Å². The lowest BCUT2D eigenvalue weighted by atomic mass is 9.97. The van der Waals surface area contributed by atoms with Crippen LogP contribution in [-0.4, -0.2) is 47.7 Å². The van der Waals surface area contributed by atoms with Crippen molar-refractivity contribution in [3.8, 4) is 0 Å². The molecule has 0 bridgehead atoms. The monoisotopic (exact) mass is 472 g/mol. The number of nitrogens with one attached hydrogen (secondary N) is 1. The van der Waals surface area contributed by atoms with Gasteiger partial charge in [0, 0.05) is 30.3 Å². The van der Waals surface area contributed by atoms with Gasteiger partial charge in [-0.1, -0.05) is 55.1 Å². The van der Waals surface area contributed by atoms with Gasteiger partial charge >= 0.3 is 0 Å². The quantitative estimate of drug-likeness (QED) is 0.466. The number of aromatic nitrogens is 2. The highest BCUT2D eigenvalue weighted by atomic mass is 32.2. The van der Waals surface area contributed by atoms with E-state index in [9.17, 15) is 17.6 Å². The van der Waals surface area contributed by atoms with E-state index in [0.29, 0.717) is 23.9 Å². The van der Waals surface area contributed by atoms with Gasteiger partial charge in [-0.25, -0.2) is 17.1 Å². The van der Waals surface area contributed by atoms with Gasteiger partial charge in [-0.3, -0.25) is 4.79 Å². The topological polar surface area (TPSA) is 92.3 Å². The second kappa shape index (κ2) is 10.2. The Morgan fingerprint density at radius 2 is 2.00 bits per heavy atom. The summed E-state index contributed by atoms with van der Waals surface area (Å²) in [5.41, 5.74) is 0.153. The second-order valence-corrected chi connectivity index (χ2v) is 11.8. The Bertz CT molecular complexity index is 973. The Balaban J connectivity index is 1.51. The molecule has 2 heterocycles. The van der Waals surface area contributed by atoms with E-state index in [1.165, 1.54) is 33.8 Å². The molecule has 0 aliphatic carbocycles. The minimum atomic E-state index is -3.64. The Morgan fingerprint density at radius 1 is 1.30 bits per heavy atom. The third-order valence-corrected chi connectivity index (χ3v) is 8.92. The molecule has 1 aliphatic rings. The zero-order valence-electron chi connectivity index (χ0n) is 16.9. The number of anilines is 1. The number of piperidine rings is 1. The van der Waals surface area contributed by atoms with Crippen LogP contribution in [0.2, 0.25) is 0 Å². The van der Waals surface area contributed by atoms with E-state index in [4.69, 9.17) is 0 Å². The zero-order chi connectivity index (χ0) is 21.7. The van der Waals surface area contributed by atoms with E-state index in [1.54, 1.807) is 17.8 Å². The maximum Gasteiger partial charge on any atom is 0.229 e. The van der Waals surface area contributed by atoms with Gasteiger partial charge in [-0.15, -0.1) is 10.2 Å². The summed E-state index contributed by atoms with van der Waals surface area (Å²) in [4.78, 5) is 12.5. The highest BCUT2D eigenvalue weighted by Crippen LogP contribution is 2.28. The molecule has 11 heteroatoms. The van der Waals surface area contributed by atoms with Gasteiger partial charge in [0.1, 0.15) is 5.82 Å². The zero-order valence-corrected chi connectivity index (χ0v) is 19.3. The van der Waals surface area contributed by atoms with Gasteiger partial charge in [0.05, 0.1) is 5.75 Å². The molecule has 1 saturated heterocycles. The van der Waals surface area contributed by atoms with Crippen LogP contribution in [0.4, 0.5) is 9.52 Å². The molecule has 0 saturated carbocycles. The van der Waals surface area contributed by atoms with Crippen molar-refractivity contribution in [2.75, 3.05) is 24.2 Å². The number of carbonyl (C=O) groups is 1.